The van der Waals surface area contributed by atoms with Crippen LogP contribution in [-0.2, 0) is 6.42 Å². The molecule has 0 radical (unpaired) electrons. The van der Waals surface area contributed by atoms with E-state index >= 15 is 0 Å². The van der Waals surface area contributed by atoms with Crippen molar-refractivity contribution in [1.82, 2.24) is 0 Å². The molecule has 0 N–H and O–H groups in total. The number of halogens is 6. The van der Waals surface area contributed by atoms with Gasteiger partial charge in [0.2, 0.25) is 0 Å². The van der Waals surface area contributed by atoms with Crippen LogP contribution >= 0.6 is 15.9 Å². The topological polar surface area (TPSA) is 0 Å². The van der Waals surface area contributed by atoms with Gasteiger partial charge in [0.05, 0.1) is 0 Å². The minimum atomic E-state index is -1.61. The Bertz CT molecular complexity index is 621. The van der Waals surface area contributed by atoms with Gasteiger partial charge >= 0.3 is 0 Å². The van der Waals surface area contributed by atoms with Gasteiger partial charge in [-0.25, -0.2) is 22.0 Å². The molecule has 2 rings (SSSR count). The Morgan fingerprint density at radius 1 is 0.800 bits per heavy atom. The van der Waals surface area contributed by atoms with Crippen molar-refractivity contribution < 1.29 is 22.0 Å². The maximum atomic E-state index is 13.6. The fraction of sp³-hybridized carbons (Fsp3) is 0.143. The smallest absolute Gasteiger partial charge is 0.194 e. The van der Waals surface area contributed by atoms with Crippen molar-refractivity contribution >= 4 is 15.9 Å². The Labute approximate surface area is 120 Å². The SMILES string of the molecule is Fc1ccc(C(Br)Cc2c(F)cccc2F)c(F)c1F. The fourth-order valence-corrected chi connectivity index (χ4v) is 2.48. The third-order valence-corrected chi connectivity index (χ3v) is 3.66. The first-order valence-corrected chi connectivity index (χ1v) is 6.53. The van der Waals surface area contributed by atoms with Gasteiger partial charge in [0.15, 0.2) is 17.5 Å². The molecular weight excluding hydrogens is 343 g/mol. The summed E-state index contributed by atoms with van der Waals surface area (Å²) in [6.45, 7) is 0. The maximum absolute atomic E-state index is 13.6. The maximum Gasteiger partial charge on any atom is 0.194 e. The van der Waals surface area contributed by atoms with Crippen LogP contribution in [0.5, 0.6) is 0 Å². The van der Waals surface area contributed by atoms with Crippen molar-refractivity contribution in [3.63, 3.8) is 0 Å². The molecule has 0 aromatic heterocycles. The van der Waals surface area contributed by atoms with Crippen molar-refractivity contribution in [3.8, 4) is 0 Å². The monoisotopic (exact) mass is 350 g/mol. The normalized spacial score (nSPS) is 12.5. The van der Waals surface area contributed by atoms with Gasteiger partial charge < -0.3 is 0 Å². The zero-order valence-electron chi connectivity index (χ0n) is 9.94. The molecule has 20 heavy (non-hydrogen) atoms. The van der Waals surface area contributed by atoms with Gasteiger partial charge in [-0.2, -0.15) is 0 Å². The molecule has 0 aliphatic carbocycles. The van der Waals surface area contributed by atoms with E-state index in [0.717, 1.165) is 24.3 Å². The number of hydrogen-bond acceptors (Lipinski definition) is 0. The Kier molecular flexibility index (Phi) is 4.42. The molecule has 0 aliphatic heterocycles. The van der Waals surface area contributed by atoms with E-state index in [1.165, 1.54) is 6.07 Å². The van der Waals surface area contributed by atoms with Crippen molar-refractivity contribution in [2.45, 2.75) is 11.2 Å². The molecule has 106 valence electrons. The molecule has 6 heteroatoms. The zero-order valence-corrected chi connectivity index (χ0v) is 11.5. The summed E-state index contributed by atoms with van der Waals surface area (Å²) in [6.07, 6.45) is -0.236. The van der Waals surface area contributed by atoms with Gasteiger partial charge in [-0.3, -0.25) is 0 Å². The van der Waals surface area contributed by atoms with Gasteiger partial charge in [-0.05, 0) is 24.6 Å². The van der Waals surface area contributed by atoms with Crippen molar-refractivity contribution in [3.05, 3.63) is 70.5 Å². The number of hydrogen-bond donors (Lipinski definition) is 0. The van der Waals surface area contributed by atoms with E-state index in [1.54, 1.807) is 0 Å². The third-order valence-electron chi connectivity index (χ3n) is 2.85. The summed E-state index contributed by atoms with van der Waals surface area (Å²) in [6, 6.07) is 5.14. The zero-order chi connectivity index (χ0) is 14.9. The predicted molar refractivity (Wildman–Crippen MR) is 68.0 cm³/mol. The van der Waals surface area contributed by atoms with Gasteiger partial charge in [-0.15, -0.1) is 0 Å². The van der Waals surface area contributed by atoms with Crippen molar-refractivity contribution in [2.75, 3.05) is 0 Å². The molecule has 0 aliphatic rings. The molecule has 1 atom stereocenters. The van der Waals surface area contributed by atoms with Crippen LogP contribution < -0.4 is 0 Å². The average Bonchev–Trinajstić information content (AvgIpc) is 2.40. The van der Waals surface area contributed by atoms with Crippen LogP contribution in [0.15, 0.2) is 30.3 Å². The summed E-state index contributed by atoms with van der Waals surface area (Å²) in [5.41, 5.74) is -0.454. The molecule has 0 bridgehead atoms. The summed E-state index contributed by atoms with van der Waals surface area (Å²) < 4.78 is 66.5. The van der Waals surface area contributed by atoms with Crippen LogP contribution in [0.2, 0.25) is 0 Å². The second kappa shape index (κ2) is 5.91. The second-order valence-corrected chi connectivity index (χ2v) is 5.24. The summed E-state index contributed by atoms with van der Waals surface area (Å²) in [7, 11) is 0. The summed E-state index contributed by atoms with van der Waals surface area (Å²) in [5, 5.41) is 0. The van der Waals surface area contributed by atoms with E-state index in [0.29, 0.717) is 0 Å². The molecular formula is C14H8BrF5. The standard InChI is InChI=1S/C14H8BrF5/c15-9(6-8-10(16)2-1-3-11(8)17)7-4-5-12(18)14(20)13(7)19/h1-5,9H,6H2. The minimum Gasteiger partial charge on any atom is -0.207 e. The number of benzene rings is 2. The highest BCUT2D eigenvalue weighted by Crippen LogP contribution is 2.32. The van der Waals surface area contributed by atoms with E-state index in [1.807, 2.05) is 0 Å². The average molecular weight is 351 g/mol. The number of alkyl halides is 1. The molecule has 0 fully saturated rings. The third kappa shape index (κ3) is 2.85. The molecule has 0 heterocycles. The largest absolute Gasteiger partial charge is 0.207 e. The molecule has 1 unspecified atom stereocenters. The Morgan fingerprint density at radius 3 is 2.00 bits per heavy atom. The first-order valence-electron chi connectivity index (χ1n) is 5.62. The predicted octanol–water partition coefficient (Wildman–Crippen LogP) is 5.06. The van der Waals surface area contributed by atoms with E-state index in [2.05, 4.69) is 15.9 Å². The van der Waals surface area contributed by atoms with Gasteiger partial charge in [-0.1, -0.05) is 28.1 Å². The van der Waals surface area contributed by atoms with E-state index in [-0.39, 0.29) is 17.5 Å². The van der Waals surface area contributed by atoms with Crippen LogP contribution in [0.1, 0.15) is 16.0 Å². The molecule has 0 saturated carbocycles. The minimum absolute atomic E-state index is 0.202. The quantitative estimate of drug-likeness (QED) is 0.412. The van der Waals surface area contributed by atoms with Crippen LogP contribution in [0, 0.1) is 29.1 Å². The summed E-state index contributed by atoms with van der Waals surface area (Å²) in [4.78, 5) is -0.885. The van der Waals surface area contributed by atoms with E-state index < -0.39 is 33.9 Å². The highest BCUT2D eigenvalue weighted by molar-refractivity contribution is 9.09. The van der Waals surface area contributed by atoms with Gasteiger partial charge in [0, 0.05) is 16.0 Å². The van der Waals surface area contributed by atoms with Crippen LogP contribution in [-0.4, -0.2) is 0 Å². The Morgan fingerprint density at radius 2 is 1.40 bits per heavy atom. The van der Waals surface area contributed by atoms with Crippen LogP contribution in [0.3, 0.4) is 0 Å². The highest BCUT2D eigenvalue weighted by Gasteiger charge is 2.21. The molecule has 0 spiro atoms. The Hall–Kier alpha value is -1.43. The van der Waals surface area contributed by atoms with Crippen molar-refractivity contribution in [2.24, 2.45) is 0 Å². The number of rotatable bonds is 3. The van der Waals surface area contributed by atoms with Gasteiger partial charge in [0.1, 0.15) is 11.6 Å². The lowest BCUT2D eigenvalue weighted by atomic mass is 10.0. The Balaban J connectivity index is 2.34. The lowest BCUT2D eigenvalue weighted by Crippen LogP contribution is -2.05. The summed E-state index contributed by atoms with van der Waals surface area (Å²) in [5.74, 6) is -5.86. The summed E-state index contributed by atoms with van der Waals surface area (Å²) >= 11 is 3.04. The molecule has 0 amide bonds. The van der Waals surface area contributed by atoms with Crippen molar-refractivity contribution in [1.29, 1.82) is 0 Å². The molecule has 2 aromatic rings. The van der Waals surface area contributed by atoms with E-state index in [4.69, 9.17) is 0 Å². The van der Waals surface area contributed by atoms with Gasteiger partial charge in [0.25, 0.3) is 0 Å². The first-order chi connectivity index (χ1) is 9.41. The van der Waals surface area contributed by atoms with E-state index in [9.17, 15) is 22.0 Å². The second-order valence-electron chi connectivity index (χ2n) is 4.14. The highest BCUT2D eigenvalue weighted by atomic mass is 79.9. The molecule has 0 saturated heterocycles. The lowest BCUT2D eigenvalue weighted by Gasteiger charge is -2.13. The molecule has 0 nitrogen and oxygen atoms in total. The molecule has 2 aromatic carbocycles. The van der Waals surface area contributed by atoms with Crippen LogP contribution in [0.4, 0.5) is 22.0 Å². The first kappa shape index (κ1) is 15.0. The van der Waals surface area contributed by atoms with Crippen LogP contribution in [0.25, 0.3) is 0 Å². The lowest BCUT2D eigenvalue weighted by molar-refractivity contribution is 0.440. The fourth-order valence-electron chi connectivity index (χ4n) is 1.80.